The third-order valence-electron chi connectivity index (χ3n) is 2.45. The van der Waals surface area contributed by atoms with Gasteiger partial charge in [-0.1, -0.05) is 0 Å². The van der Waals surface area contributed by atoms with Gasteiger partial charge in [0.2, 0.25) is 11.1 Å². The van der Waals surface area contributed by atoms with Crippen molar-refractivity contribution >= 4 is 5.91 Å². The molecule has 0 saturated carbocycles. The highest BCUT2D eigenvalue weighted by molar-refractivity contribution is 5.94. The Kier molecular flexibility index (Phi) is 1.83. The van der Waals surface area contributed by atoms with Gasteiger partial charge in [-0.3, -0.25) is 4.79 Å². The third-order valence-corrected chi connectivity index (χ3v) is 2.45. The maximum Gasteiger partial charge on any atom is 0.251 e. The van der Waals surface area contributed by atoms with Gasteiger partial charge in [0, 0.05) is 43.4 Å². The number of primary amides is 1. The first-order chi connectivity index (χ1) is 5.69. The van der Waals surface area contributed by atoms with E-state index in [0.29, 0.717) is 5.57 Å². The fourth-order valence-electron chi connectivity index (χ4n) is 1.79. The molecule has 1 heterocycles. The lowest BCUT2D eigenvalue weighted by atomic mass is 9.96. The summed E-state index contributed by atoms with van der Waals surface area (Å²) in [5, 5.41) is 0. The number of carbonyl (C=O) groups is 1. The Morgan fingerprint density at radius 1 is 1.38 bits per heavy atom. The Balaban J connectivity index is 3.25. The van der Waals surface area contributed by atoms with Gasteiger partial charge in [-0.15, -0.1) is 0 Å². The molecule has 1 aliphatic rings. The normalized spacial score (nSPS) is 24.3. The molecule has 0 radical (unpaired) electrons. The van der Waals surface area contributed by atoms with Crippen molar-refractivity contribution in [2.75, 3.05) is 0 Å². The molecule has 4 nitrogen and oxygen atoms in total. The molecule has 0 aromatic rings. The van der Waals surface area contributed by atoms with Crippen LogP contribution in [0.4, 0.5) is 0 Å². The molecule has 0 unspecified atom stereocenters. The van der Waals surface area contributed by atoms with Crippen LogP contribution in [0.1, 0.15) is 27.7 Å². The molecule has 0 aromatic heterocycles. The average molecular weight is 183 g/mol. The molecule has 4 heteroatoms. The monoisotopic (exact) mass is 183 g/mol. The summed E-state index contributed by atoms with van der Waals surface area (Å²) >= 11 is 0. The standard InChI is InChI=1S/C9H14N2O2/c1-8(2)5-6(7(10)12)9(3,4)11(8)13/h5H,1-4H3,(H-,10,12)/p+1. The van der Waals surface area contributed by atoms with E-state index in [-0.39, 0.29) is 0 Å². The van der Waals surface area contributed by atoms with Crippen molar-refractivity contribution in [2.24, 2.45) is 5.73 Å². The molecular weight excluding hydrogens is 168 g/mol. The van der Waals surface area contributed by atoms with Gasteiger partial charge in [0.1, 0.15) is 0 Å². The number of nitroso groups, excluding NO2 is 1. The van der Waals surface area contributed by atoms with Crippen molar-refractivity contribution in [3.05, 3.63) is 16.6 Å². The maximum absolute atomic E-state index is 11.7. The Hall–Kier alpha value is -1.19. The zero-order chi connectivity index (χ0) is 10.4. The molecule has 0 saturated heterocycles. The van der Waals surface area contributed by atoms with E-state index >= 15 is 0 Å². The van der Waals surface area contributed by atoms with Crippen molar-refractivity contribution in [3.63, 3.8) is 0 Å². The number of nitrogens with two attached hydrogens (primary N) is 1. The second-order valence-corrected chi connectivity index (χ2v) is 4.43. The van der Waals surface area contributed by atoms with E-state index in [1.807, 2.05) is 0 Å². The predicted molar refractivity (Wildman–Crippen MR) is 49.1 cm³/mol. The lowest BCUT2D eigenvalue weighted by Crippen LogP contribution is -2.42. The van der Waals surface area contributed by atoms with Gasteiger partial charge in [0.25, 0.3) is 5.91 Å². The topological polar surface area (TPSA) is 63.2 Å². The summed E-state index contributed by atoms with van der Waals surface area (Å²) in [6.45, 7) is 6.92. The van der Waals surface area contributed by atoms with Crippen molar-refractivity contribution in [1.29, 1.82) is 0 Å². The highest BCUT2D eigenvalue weighted by atomic mass is 16.3. The minimum absolute atomic E-state index is 0.396. The highest BCUT2D eigenvalue weighted by Crippen LogP contribution is 2.35. The van der Waals surface area contributed by atoms with Crippen LogP contribution in [-0.2, 0) is 4.79 Å². The molecule has 72 valence electrons. The van der Waals surface area contributed by atoms with Crippen molar-refractivity contribution in [1.82, 2.24) is 0 Å². The Morgan fingerprint density at radius 3 is 2.00 bits per heavy atom. The summed E-state index contributed by atoms with van der Waals surface area (Å²) in [6, 6.07) is 0. The Bertz CT molecular complexity index is 314. The van der Waals surface area contributed by atoms with E-state index < -0.39 is 17.0 Å². The molecule has 0 bridgehead atoms. The van der Waals surface area contributed by atoms with Gasteiger partial charge in [-0.25, -0.2) is 0 Å². The van der Waals surface area contributed by atoms with Crippen LogP contribution in [0.5, 0.6) is 0 Å². The number of rotatable bonds is 1. The van der Waals surface area contributed by atoms with Gasteiger partial charge >= 0.3 is 0 Å². The van der Waals surface area contributed by atoms with E-state index in [1.165, 1.54) is 0 Å². The summed E-state index contributed by atoms with van der Waals surface area (Å²) < 4.78 is 0.903. The van der Waals surface area contributed by atoms with Crippen LogP contribution in [0.2, 0.25) is 0 Å². The van der Waals surface area contributed by atoms with Gasteiger partial charge in [0.05, 0.1) is 5.57 Å². The second-order valence-electron chi connectivity index (χ2n) is 4.43. The summed E-state index contributed by atoms with van der Waals surface area (Å²) in [4.78, 5) is 22.8. The van der Waals surface area contributed by atoms with Crippen molar-refractivity contribution < 1.29 is 9.55 Å². The average Bonchev–Trinajstić information content (AvgIpc) is 2.11. The fraction of sp³-hybridized carbons (Fsp3) is 0.667. The summed E-state index contributed by atoms with van der Waals surface area (Å²) in [5.41, 5.74) is 4.12. The van der Waals surface area contributed by atoms with Crippen LogP contribution in [0.15, 0.2) is 11.6 Å². The molecule has 2 N–H and O–H groups in total. The number of hydrogen-bond acceptors (Lipinski definition) is 2. The molecule has 1 aliphatic heterocycles. The Labute approximate surface area is 77.4 Å². The van der Waals surface area contributed by atoms with Gasteiger partial charge in [-0.05, 0) is 0 Å². The summed E-state index contributed by atoms with van der Waals surface area (Å²) in [7, 11) is 0. The lowest BCUT2D eigenvalue weighted by Gasteiger charge is -2.14. The predicted octanol–water partition coefficient (Wildman–Crippen LogP) is 0.748. The van der Waals surface area contributed by atoms with Crippen LogP contribution < -0.4 is 5.73 Å². The molecule has 0 atom stereocenters. The molecule has 0 spiro atoms. The number of carbonyl (C=O) groups excluding carboxylic acids is 1. The van der Waals surface area contributed by atoms with Crippen LogP contribution in [0, 0.1) is 4.91 Å². The van der Waals surface area contributed by atoms with E-state index in [0.717, 1.165) is 4.76 Å². The molecular formula is C9H15N2O2+. The first-order valence-corrected chi connectivity index (χ1v) is 4.20. The van der Waals surface area contributed by atoms with E-state index in [4.69, 9.17) is 5.73 Å². The van der Waals surface area contributed by atoms with Gasteiger partial charge in [0.15, 0.2) is 0 Å². The van der Waals surface area contributed by atoms with Gasteiger partial charge < -0.3 is 5.73 Å². The zero-order valence-electron chi connectivity index (χ0n) is 8.42. The van der Waals surface area contributed by atoms with Crippen LogP contribution >= 0.6 is 0 Å². The minimum Gasteiger partial charge on any atom is -0.366 e. The molecule has 0 aliphatic carbocycles. The first kappa shape index (κ1) is 9.89. The second kappa shape index (κ2) is 2.40. The highest BCUT2D eigenvalue weighted by Gasteiger charge is 2.56. The maximum atomic E-state index is 11.7. The van der Waals surface area contributed by atoms with Crippen LogP contribution in [0.25, 0.3) is 0 Å². The lowest BCUT2D eigenvalue weighted by molar-refractivity contribution is -0.651. The quantitative estimate of drug-likeness (QED) is 0.609. The molecule has 1 amide bonds. The summed E-state index contributed by atoms with van der Waals surface area (Å²) in [5.74, 6) is -0.517. The summed E-state index contributed by atoms with van der Waals surface area (Å²) in [6.07, 6.45) is 1.64. The van der Waals surface area contributed by atoms with Gasteiger partial charge in [-0.2, -0.15) is 0 Å². The molecule has 1 rings (SSSR count). The fourth-order valence-corrected chi connectivity index (χ4v) is 1.79. The van der Waals surface area contributed by atoms with Crippen molar-refractivity contribution in [2.45, 2.75) is 38.8 Å². The Morgan fingerprint density at radius 2 is 1.85 bits per heavy atom. The van der Waals surface area contributed by atoms with Crippen molar-refractivity contribution in [3.8, 4) is 0 Å². The number of nitrogens with zero attached hydrogens (tertiary/aromatic N) is 1. The largest absolute Gasteiger partial charge is 0.366 e. The van der Waals surface area contributed by atoms with Crippen LogP contribution in [-0.4, -0.2) is 21.7 Å². The SMILES string of the molecule is CC1(C)C=C(C(N)=O)C(C)(C)[N+]1=O. The molecule has 13 heavy (non-hydrogen) atoms. The molecule has 0 fully saturated rings. The minimum atomic E-state index is -0.810. The van der Waals surface area contributed by atoms with E-state index in [1.54, 1.807) is 33.8 Å². The third kappa shape index (κ3) is 1.26. The first-order valence-electron chi connectivity index (χ1n) is 4.20. The molecule has 0 aromatic carbocycles. The van der Waals surface area contributed by atoms with E-state index in [9.17, 15) is 9.70 Å². The zero-order valence-corrected chi connectivity index (χ0v) is 8.42. The smallest absolute Gasteiger partial charge is 0.251 e. The van der Waals surface area contributed by atoms with Crippen LogP contribution in [0.3, 0.4) is 0 Å². The van der Waals surface area contributed by atoms with E-state index in [2.05, 4.69) is 0 Å². The number of amides is 1. The number of hydrogen-bond donors (Lipinski definition) is 1.